The smallest absolute Gasteiger partial charge is 0.333 e. The van der Waals surface area contributed by atoms with Crippen LogP contribution in [0.2, 0.25) is 0 Å². The van der Waals surface area contributed by atoms with E-state index in [9.17, 15) is 9.90 Å². The third kappa shape index (κ3) is 5.86. The van der Waals surface area contributed by atoms with Gasteiger partial charge in [-0.3, -0.25) is 0 Å². The van der Waals surface area contributed by atoms with Crippen LogP contribution >= 0.6 is 0 Å². The van der Waals surface area contributed by atoms with Crippen LogP contribution in [0, 0.1) is 0 Å². The Kier molecular flexibility index (Phi) is 7.99. The van der Waals surface area contributed by atoms with Crippen LogP contribution in [-0.2, 0) is 22.6 Å². The number of hydrogen-bond acceptors (Lipinski definition) is 4. The number of benzene rings is 3. The van der Waals surface area contributed by atoms with Crippen LogP contribution in [0.3, 0.4) is 0 Å². The number of unbranched alkanes of at least 4 members (excludes halogenated alkanes) is 1. The van der Waals surface area contributed by atoms with Crippen molar-refractivity contribution in [2.45, 2.75) is 38.9 Å². The lowest BCUT2D eigenvalue weighted by Gasteiger charge is -2.13. The van der Waals surface area contributed by atoms with E-state index >= 15 is 0 Å². The summed E-state index contributed by atoms with van der Waals surface area (Å²) in [5.74, 6) is 0.746. The maximum Gasteiger partial charge on any atom is 0.333 e. The van der Waals surface area contributed by atoms with E-state index in [4.69, 9.17) is 14.2 Å². The molecule has 0 aliphatic carbocycles. The summed E-state index contributed by atoms with van der Waals surface area (Å²) in [5, 5.41) is 9.24. The molecule has 34 heavy (non-hydrogen) atoms. The molecular weight excluding hydrogens is 428 g/mol. The Bertz CT molecular complexity index is 1080. The van der Waals surface area contributed by atoms with Gasteiger partial charge in [0, 0.05) is 18.6 Å². The van der Waals surface area contributed by atoms with Gasteiger partial charge in [0.1, 0.15) is 18.1 Å². The molecule has 0 saturated carbocycles. The molecule has 0 bridgehead atoms. The molecule has 1 heterocycles. The highest BCUT2D eigenvalue weighted by Crippen LogP contribution is 2.36. The standard InChI is InChI=1S/C29H30O5/c1-2-32-28(29(30)31)19-21-14-16-23(17-15-21)33-18-8-7-11-25-24-10-4-3-9-22(24)20-34-27-13-6-5-12-26(25)27/h3-6,9-17,28H,2,7-8,18-20H2,1H3,(H,30,31)/b25-11-. The molecule has 0 radical (unpaired) electrons. The lowest BCUT2D eigenvalue weighted by atomic mass is 9.93. The topological polar surface area (TPSA) is 65.0 Å². The Hall–Kier alpha value is -3.57. The molecule has 3 aromatic rings. The Morgan fingerprint density at radius 3 is 2.53 bits per heavy atom. The third-order valence-electron chi connectivity index (χ3n) is 5.82. The maximum absolute atomic E-state index is 11.3. The average molecular weight is 459 g/mol. The van der Waals surface area contributed by atoms with Crippen LogP contribution in [0.25, 0.3) is 5.57 Å². The molecule has 1 aliphatic heterocycles. The minimum absolute atomic E-state index is 0.337. The Morgan fingerprint density at radius 1 is 1.03 bits per heavy atom. The van der Waals surface area contributed by atoms with Gasteiger partial charge in [-0.15, -0.1) is 0 Å². The van der Waals surface area contributed by atoms with Crippen molar-refractivity contribution >= 4 is 11.5 Å². The molecule has 1 N–H and O–H groups in total. The van der Waals surface area contributed by atoms with E-state index in [0.717, 1.165) is 35.5 Å². The van der Waals surface area contributed by atoms with E-state index < -0.39 is 12.1 Å². The van der Waals surface area contributed by atoms with Gasteiger partial charge in [0.15, 0.2) is 6.10 Å². The summed E-state index contributed by atoms with van der Waals surface area (Å²) in [5.41, 5.74) is 5.64. The number of carbonyl (C=O) groups is 1. The number of ether oxygens (including phenoxy) is 3. The quantitative estimate of drug-likeness (QED) is 0.383. The van der Waals surface area contributed by atoms with Crippen LogP contribution in [-0.4, -0.2) is 30.4 Å². The van der Waals surface area contributed by atoms with Gasteiger partial charge in [0.2, 0.25) is 0 Å². The third-order valence-corrected chi connectivity index (χ3v) is 5.82. The molecule has 3 aromatic carbocycles. The summed E-state index contributed by atoms with van der Waals surface area (Å²) in [7, 11) is 0. The van der Waals surface area contributed by atoms with Gasteiger partial charge in [-0.25, -0.2) is 4.79 Å². The first kappa shape index (κ1) is 23.6. The molecule has 0 spiro atoms. The van der Waals surface area contributed by atoms with Crippen molar-refractivity contribution < 1.29 is 24.1 Å². The average Bonchev–Trinajstić information content (AvgIpc) is 3.01. The highest BCUT2D eigenvalue weighted by atomic mass is 16.5. The van der Waals surface area contributed by atoms with Crippen LogP contribution < -0.4 is 9.47 Å². The molecule has 1 aliphatic rings. The molecule has 0 fully saturated rings. The predicted molar refractivity (Wildman–Crippen MR) is 132 cm³/mol. The van der Waals surface area contributed by atoms with Crippen molar-refractivity contribution in [3.63, 3.8) is 0 Å². The highest BCUT2D eigenvalue weighted by Gasteiger charge is 2.19. The van der Waals surface area contributed by atoms with Crippen molar-refractivity contribution in [3.05, 3.63) is 101 Å². The Balaban J connectivity index is 1.35. The molecule has 5 nitrogen and oxygen atoms in total. The van der Waals surface area contributed by atoms with Gasteiger partial charge in [-0.2, -0.15) is 0 Å². The lowest BCUT2D eigenvalue weighted by molar-refractivity contribution is -0.149. The molecule has 0 amide bonds. The second-order valence-corrected chi connectivity index (χ2v) is 8.18. The van der Waals surface area contributed by atoms with E-state index in [0.29, 0.717) is 26.2 Å². The molecule has 0 aromatic heterocycles. The molecule has 176 valence electrons. The zero-order valence-electron chi connectivity index (χ0n) is 19.4. The predicted octanol–water partition coefficient (Wildman–Crippen LogP) is 5.90. The molecule has 1 unspecified atom stereocenters. The van der Waals surface area contributed by atoms with E-state index in [1.807, 2.05) is 48.5 Å². The minimum atomic E-state index is -0.943. The van der Waals surface area contributed by atoms with Crippen molar-refractivity contribution in [2.24, 2.45) is 0 Å². The van der Waals surface area contributed by atoms with Gasteiger partial charge in [0.25, 0.3) is 0 Å². The fourth-order valence-corrected chi connectivity index (χ4v) is 4.12. The Morgan fingerprint density at radius 2 is 1.76 bits per heavy atom. The van der Waals surface area contributed by atoms with Crippen molar-refractivity contribution in [1.29, 1.82) is 0 Å². The number of rotatable bonds is 10. The van der Waals surface area contributed by atoms with Gasteiger partial charge in [0.05, 0.1) is 6.61 Å². The van der Waals surface area contributed by atoms with Crippen LogP contribution in [0.5, 0.6) is 11.5 Å². The Labute approximate surface area is 200 Å². The number of para-hydroxylation sites is 1. The summed E-state index contributed by atoms with van der Waals surface area (Å²) < 4.78 is 17.2. The number of hydrogen-bond donors (Lipinski definition) is 1. The summed E-state index contributed by atoms with van der Waals surface area (Å²) >= 11 is 0. The second kappa shape index (κ2) is 11.5. The van der Waals surface area contributed by atoms with Gasteiger partial charge < -0.3 is 19.3 Å². The number of fused-ring (bicyclic) bond motifs is 2. The van der Waals surface area contributed by atoms with Crippen LogP contribution in [0.1, 0.15) is 42.0 Å². The zero-order valence-corrected chi connectivity index (χ0v) is 19.4. The van der Waals surface area contributed by atoms with Crippen molar-refractivity contribution in [3.8, 4) is 11.5 Å². The summed E-state index contributed by atoms with van der Waals surface area (Å²) in [6, 6.07) is 24.1. The number of allylic oxidation sites excluding steroid dienone is 1. The van der Waals surface area contributed by atoms with Gasteiger partial charge in [-0.05, 0) is 60.2 Å². The first-order valence-electron chi connectivity index (χ1n) is 11.7. The first-order valence-corrected chi connectivity index (χ1v) is 11.7. The number of carboxylic acids is 1. The minimum Gasteiger partial charge on any atom is -0.494 e. The lowest BCUT2D eigenvalue weighted by Crippen LogP contribution is -2.26. The number of aliphatic carboxylic acids is 1. The maximum atomic E-state index is 11.3. The summed E-state index contributed by atoms with van der Waals surface area (Å²) in [6.45, 7) is 3.34. The van der Waals surface area contributed by atoms with Crippen LogP contribution in [0.4, 0.5) is 0 Å². The first-order chi connectivity index (χ1) is 16.7. The van der Waals surface area contributed by atoms with E-state index in [1.54, 1.807) is 6.92 Å². The fourth-order valence-electron chi connectivity index (χ4n) is 4.12. The van der Waals surface area contributed by atoms with E-state index in [1.165, 1.54) is 16.7 Å². The summed E-state index contributed by atoms with van der Waals surface area (Å²) in [4.78, 5) is 11.3. The molecule has 1 atom stereocenters. The van der Waals surface area contributed by atoms with Crippen LogP contribution in [0.15, 0.2) is 78.9 Å². The molecular formula is C29H30O5. The molecule has 5 heteroatoms. The number of carboxylic acid groups (broad SMARTS) is 1. The second-order valence-electron chi connectivity index (χ2n) is 8.18. The van der Waals surface area contributed by atoms with E-state index in [-0.39, 0.29) is 0 Å². The summed E-state index contributed by atoms with van der Waals surface area (Å²) in [6.07, 6.45) is 3.55. The SMILES string of the molecule is CCOC(Cc1ccc(OCCC/C=C2/c3ccccc3COc3ccccc32)cc1)C(=O)O. The zero-order chi connectivity index (χ0) is 23.8. The molecule has 4 rings (SSSR count). The van der Waals surface area contributed by atoms with Gasteiger partial charge in [-0.1, -0.05) is 60.7 Å². The van der Waals surface area contributed by atoms with Gasteiger partial charge >= 0.3 is 5.97 Å². The fraction of sp³-hybridized carbons (Fsp3) is 0.276. The van der Waals surface area contributed by atoms with Crippen molar-refractivity contribution in [1.82, 2.24) is 0 Å². The monoisotopic (exact) mass is 458 g/mol. The highest BCUT2D eigenvalue weighted by molar-refractivity contribution is 5.84. The largest absolute Gasteiger partial charge is 0.494 e. The van der Waals surface area contributed by atoms with E-state index in [2.05, 4.69) is 30.3 Å². The molecule has 0 saturated heterocycles. The normalized spacial score (nSPS) is 14.4. The van der Waals surface area contributed by atoms with Crippen molar-refractivity contribution in [2.75, 3.05) is 13.2 Å².